The number of nitrogens with one attached hydrogen (secondary N) is 1. The van der Waals surface area contributed by atoms with Gasteiger partial charge in [0.25, 0.3) is 0 Å². The molecule has 9 nitrogen and oxygen atoms in total. The van der Waals surface area contributed by atoms with E-state index in [1.54, 1.807) is 6.20 Å². The fourth-order valence-corrected chi connectivity index (χ4v) is 4.54. The molecule has 0 amide bonds. The number of nitrogens with zero attached hydrogens (tertiary/aromatic N) is 5. The number of anilines is 2. The number of aromatic nitrogens is 4. The monoisotopic (exact) mass is 472 g/mol. The van der Waals surface area contributed by atoms with Gasteiger partial charge in [-0.05, 0) is 62.3 Å². The van der Waals surface area contributed by atoms with Crippen LogP contribution in [0.5, 0.6) is 17.4 Å². The molecule has 180 valence electrons. The topological polar surface area (TPSA) is 86.0 Å². The lowest BCUT2D eigenvalue weighted by Gasteiger charge is -2.26. The molecule has 3 aromatic heterocycles. The molecule has 0 saturated carbocycles. The van der Waals surface area contributed by atoms with Crippen molar-refractivity contribution in [3.8, 4) is 28.6 Å². The minimum Gasteiger partial charge on any atom is -0.486 e. The van der Waals surface area contributed by atoms with Gasteiger partial charge in [-0.2, -0.15) is 4.98 Å². The third kappa shape index (κ3) is 4.85. The van der Waals surface area contributed by atoms with Crippen LogP contribution in [0.25, 0.3) is 16.9 Å². The first-order valence-electron chi connectivity index (χ1n) is 12.2. The lowest BCUT2D eigenvalue weighted by atomic mass is 10.1. The quantitative estimate of drug-likeness (QED) is 0.429. The number of hydrogen-bond donors (Lipinski definition) is 1. The predicted molar refractivity (Wildman–Crippen MR) is 133 cm³/mol. The first-order chi connectivity index (χ1) is 17.3. The highest BCUT2D eigenvalue weighted by molar-refractivity contribution is 5.68. The Morgan fingerprint density at radius 1 is 0.943 bits per heavy atom. The summed E-state index contributed by atoms with van der Waals surface area (Å²) < 4.78 is 19.1. The van der Waals surface area contributed by atoms with Gasteiger partial charge in [0, 0.05) is 30.1 Å². The average molecular weight is 473 g/mol. The number of hydrogen-bond acceptors (Lipinski definition) is 8. The number of piperidine rings is 1. The third-order valence-corrected chi connectivity index (χ3v) is 6.29. The molecule has 2 aliphatic heterocycles. The van der Waals surface area contributed by atoms with Crippen LogP contribution in [-0.4, -0.2) is 63.9 Å². The number of benzene rings is 1. The van der Waals surface area contributed by atoms with Crippen molar-refractivity contribution in [2.45, 2.75) is 19.3 Å². The van der Waals surface area contributed by atoms with Crippen LogP contribution in [-0.2, 0) is 0 Å². The molecule has 0 bridgehead atoms. The normalized spacial score (nSPS) is 15.8. The van der Waals surface area contributed by atoms with E-state index in [0.29, 0.717) is 31.6 Å². The van der Waals surface area contributed by atoms with Gasteiger partial charge in [0.2, 0.25) is 11.8 Å². The van der Waals surface area contributed by atoms with Crippen LogP contribution in [0.1, 0.15) is 19.3 Å². The molecule has 0 unspecified atom stereocenters. The maximum Gasteiger partial charge on any atom is 0.247 e. The van der Waals surface area contributed by atoms with Crippen LogP contribution < -0.4 is 19.5 Å². The Morgan fingerprint density at radius 3 is 2.74 bits per heavy atom. The second-order valence-corrected chi connectivity index (χ2v) is 8.73. The summed E-state index contributed by atoms with van der Waals surface area (Å²) in [5, 5.41) is 7.99. The second-order valence-electron chi connectivity index (χ2n) is 8.73. The summed E-state index contributed by atoms with van der Waals surface area (Å²) in [6, 6.07) is 15.6. The molecule has 35 heavy (non-hydrogen) atoms. The van der Waals surface area contributed by atoms with Gasteiger partial charge in [-0.15, -0.1) is 5.10 Å². The van der Waals surface area contributed by atoms with Crippen molar-refractivity contribution in [1.29, 1.82) is 0 Å². The smallest absolute Gasteiger partial charge is 0.247 e. The van der Waals surface area contributed by atoms with Gasteiger partial charge >= 0.3 is 0 Å². The van der Waals surface area contributed by atoms with Crippen molar-refractivity contribution in [2.75, 3.05) is 44.8 Å². The summed E-state index contributed by atoms with van der Waals surface area (Å²) in [6.45, 7) is 4.99. The third-order valence-electron chi connectivity index (χ3n) is 6.29. The van der Waals surface area contributed by atoms with Crippen molar-refractivity contribution in [3.05, 3.63) is 54.7 Å². The molecular formula is C26H28N6O3. The van der Waals surface area contributed by atoms with E-state index in [2.05, 4.69) is 20.2 Å². The molecule has 2 aliphatic rings. The van der Waals surface area contributed by atoms with Gasteiger partial charge < -0.3 is 19.5 Å². The minimum absolute atomic E-state index is 0.500. The summed E-state index contributed by atoms with van der Waals surface area (Å²) in [5.41, 5.74) is 3.46. The fraction of sp³-hybridized carbons (Fsp3) is 0.346. The molecule has 1 saturated heterocycles. The number of rotatable bonds is 7. The molecule has 0 aliphatic carbocycles. The highest BCUT2D eigenvalue weighted by Crippen LogP contribution is 2.34. The summed E-state index contributed by atoms with van der Waals surface area (Å²) in [4.78, 5) is 11.4. The Kier molecular flexibility index (Phi) is 6.06. The predicted octanol–water partition coefficient (Wildman–Crippen LogP) is 4.17. The standard InChI is InChI=1S/C26H28N6O3/c1-2-11-31(12-3-1)13-14-35-25-18-20(9-10-27-25)28-26-29-24-6-4-5-21(32(24)30-26)19-7-8-22-23(17-19)34-16-15-33-22/h4-10,17-18H,1-3,11-16H2,(H,27,28,30). The van der Waals surface area contributed by atoms with Gasteiger partial charge in [0.15, 0.2) is 17.1 Å². The van der Waals surface area contributed by atoms with Crippen LogP contribution in [0, 0.1) is 0 Å². The molecule has 1 N–H and O–H groups in total. The fourth-order valence-electron chi connectivity index (χ4n) is 4.54. The molecule has 0 spiro atoms. The SMILES string of the molecule is c1cc(-c2ccc3c(c2)OCCO3)n2nc(Nc3ccnc(OCCN4CCCCC4)c3)nc2c1. The van der Waals surface area contributed by atoms with E-state index in [9.17, 15) is 0 Å². The maximum atomic E-state index is 5.91. The Hall–Kier alpha value is -3.85. The average Bonchev–Trinajstić information content (AvgIpc) is 3.32. The Balaban J connectivity index is 1.17. The minimum atomic E-state index is 0.500. The molecule has 1 aromatic carbocycles. The Bertz CT molecular complexity index is 1320. The van der Waals surface area contributed by atoms with Crippen LogP contribution in [0.2, 0.25) is 0 Å². The summed E-state index contributed by atoms with van der Waals surface area (Å²) in [6.07, 6.45) is 5.62. The van der Waals surface area contributed by atoms with E-state index in [1.807, 2.05) is 53.0 Å². The van der Waals surface area contributed by atoms with E-state index in [-0.39, 0.29) is 0 Å². The number of pyridine rings is 2. The summed E-state index contributed by atoms with van der Waals surface area (Å²) >= 11 is 0. The van der Waals surface area contributed by atoms with Crippen molar-refractivity contribution in [2.24, 2.45) is 0 Å². The molecule has 4 aromatic rings. The molecular weight excluding hydrogens is 444 g/mol. The molecule has 5 heterocycles. The second kappa shape index (κ2) is 9.79. The molecule has 1 fully saturated rings. The molecule has 0 radical (unpaired) electrons. The Labute approximate surface area is 203 Å². The van der Waals surface area contributed by atoms with Crippen molar-refractivity contribution < 1.29 is 14.2 Å². The van der Waals surface area contributed by atoms with E-state index in [1.165, 1.54) is 19.3 Å². The highest BCUT2D eigenvalue weighted by atomic mass is 16.6. The van der Waals surface area contributed by atoms with Crippen LogP contribution >= 0.6 is 0 Å². The van der Waals surface area contributed by atoms with E-state index in [0.717, 1.165) is 53.7 Å². The highest BCUT2D eigenvalue weighted by Gasteiger charge is 2.15. The first kappa shape index (κ1) is 21.7. The summed E-state index contributed by atoms with van der Waals surface area (Å²) in [7, 11) is 0. The first-order valence-corrected chi connectivity index (χ1v) is 12.2. The zero-order valence-electron chi connectivity index (χ0n) is 19.5. The van der Waals surface area contributed by atoms with E-state index >= 15 is 0 Å². The summed E-state index contributed by atoms with van der Waals surface area (Å²) in [5.74, 6) is 2.60. The number of ether oxygens (including phenoxy) is 3. The van der Waals surface area contributed by atoms with Crippen LogP contribution in [0.15, 0.2) is 54.7 Å². The largest absolute Gasteiger partial charge is 0.486 e. The molecule has 6 rings (SSSR count). The van der Waals surface area contributed by atoms with Gasteiger partial charge in [-0.1, -0.05) is 12.5 Å². The van der Waals surface area contributed by atoms with Gasteiger partial charge in [0.1, 0.15) is 19.8 Å². The van der Waals surface area contributed by atoms with Gasteiger partial charge in [-0.3, -0.25) is 4.90 Å². The van der Waals surface area contributed by atoms with Crippen LogP contribution in [0.3, 0.4) is 0 Å². The number of fused-ring (bicyclic) bond motifs is 2. The number of likely N-dealkylation sites (tertiary alicyclic amines) is 1. The maximum absolute atomic E-state index is 5.91. The lowest BCUT2D eigenvalue weighted by Crippen LogP contribution is -2.33. The van der Waals surface area contributed by atoms with Crippen molar-refractivity contribution in [3.63, 3.8) is 0 Å². The zero-order valence-corrected chi connectivity index (χ0v) is 19.5. The van der Waals surface area contributed by atoms with Crippen molar-refractivity contribution in [1.82, 2.24) is 24.5 Å². The lowest BCUT2D eigenvalue weighted by molar-refractivity contribution is 0.171. The van der Waals surface area contributed by atoms with Gasteiger partial charge in [-0.25, -0.2) is 9.50 Å². The van der Waals surface area contributed by atoms with E-state index < -0.39 is 0 Å². The van der Waals surface area contributed by atoms with Gasteiger partial charge in [0.05, 0.1) is 5.69 Å². The van der Waals surface area contributed by atoms with Crippen LogP contribution in [0.4, 0.5) is 11.6 Å². The zero-order chi connectivity index (χ0) is 23.5. The van der Waals surface area contributed by atoms with E-state index in [4.69, 9.17) is 19.3 Å². The Morgan fingerprint density at radius 2 is 1.83 bits per heavy atom. The van der Waals surface area contributed by atoms with Crippen molar-refractivity contribution >= 4 is 17.3 Å². The molecule has 0 atom stereocenters. The molecule has 9 heteroatoms.